The fraction of sp³-hybridized carbons (Fsp3) is 0. The van der Waals surface area contributed by atoms with Crippen molar-refractivity contribution >= 4 is 44.3 Å². The fourth-order valence-electron chi connectivity index (χ4n) is 4.33. The smallest absolute Gasteiger partial charge is 0.347 e. The first-order valence-corrected chi connectivity index (χ1v) is 8.79. The molecule has 1 aliphatic heterocycles. The third-order valence-electron chi connectivity index (χ3n) is 5.49. The van der Waals surface area contributed by atoms with Crippen LogP contribution in [0.25, 0.3) is 43.4 Å². The number of fused-ring (bicyclic) bond motifs is 1. The van der Waals surface area contributed by atoms with Crippen molar-refractivity contribution < 1.29 is 14.3 Å². The predicted octanol–water partition coefficient (Wildman–Crippen LogP) is 5.56. The van der Waals surface area contributed by atoms with Gasteiger partial charge >= 0.3 is 11.9 Å². The minimum atomic E-state index is -0.574. The molecule has 1 aliphatic rings. The van der Waals surface area contributed by atoms with E-state index in [4.69, 9.17) is 4.74 Å². The molecule has 3 nitrogen and oxygen atoms in total. The molecule has 0 fully saturated rings. The van der Waals surface area contributed by atoms with Crippen LogP contribution in [-0.4, -0.2) is 11.9 Å². The van der Waals surface area contributed by atoms with Crippen LogP contribution in [-0.2, 0) is 4.74 Å². The highest BCUT2D eigenvalue weighted by Gasteiger charge is 2.32. The molecule has 0 unspecified atom stereocenters. The molecule has 27 heavy (non-hydrogen) atoms. The highest BCUT2D eigenvalue weighted by molar-refractivity contribution is 6.26. The summed E-state index contributed by atoms with van der Waals surface area (Å²) in [5.41, 5.74) is 2.37. The minimum Gasteiger partial charge on any atom is -0.386 e. The van der Waals surface area contributed by atoms with Gasteiger partial charge in [-0.1, -0.05) is 66.7 Å². The summed E-state index contributed by atoms with van der Waals surface area (Å²) in [6.45, 7) is 0. The van der Waals surface area contributed by atoms with Crippen LogP contribution in [0, 0.1) is 0 Å². The second-order valence-corrected chi connectivity index (χ2v) is 6.87. The van der Waals surface area contributed by atoms with Gasteiger partial charge in [0.15, 0.2) is 0 Å². The Morgan fingerprint density at radius 3 is 1.96 bits per heavy atom. The maximum atomic E-state index is 12.3. The molecule has 0 atom stereocenters. The normalized spacial score (nSPS) is 13.6. The number of carbonyl (C=O) groups is 2. The average Bonchev–Trinajstić information content (AvgIpc) is 3.00. The SMILES string of the molecule is O=C1OC(=O)c2c1cccc2-c1ccc2ccc3cccc4ccc1c2c34. The van der Waals surface area contributed by atoms with Crippen molar-refractivity contribution in [2.24, 2.45) is 0 Å². The lowest BCUT2D eigenvalue weighted by molar-refractivity contribution is 0.0444. The zero-order valence-corrected chi connectivity index (χ0v) is 14.2. The lowest BCUT2D eigenvalue weighted by Gasteiger charge is -2.15. The van der Waals surface area contributed by atoms with Crippen LogP contribution >= 0.6 is 0 Å². The molecule has 1 heterocycles. The number of esters is 2. The van der Waals surface area contributed by atoms with Gasteiger partial charge < -0.3 is 4.74 Å². The van der Waals surface area contributed by atoms with E-state index in [0.29, 0.717) is 11.1 Å². The maximum Gasteiger partial charge on any atom is 0.347 e. The molecule has 6 rings (SSSR count). The van der Waals surface area contributed by atoms with E-state index in [-0.39, 0.29) is 0 Å². The lowest BCUT2D eigenvalue weighted by Crippen LogP contribution is -1.98. The van der Waals surface area contributed by atoms with Gasteiger partial charge in [0.2, 0.25) is 0 Å². The van der Waals surface area contributed by atoms with Crippen LogP contribution in [0.1, 0.15) is 20.7 Å². The zero-order chi connectivity index (χ0) is 18.1. The molecule has 0 amide bonds. The topological polar surface area (TPSA) is 43.4 Å². The van der Waals surface area contributed by atoms with Crippen LogP contribution in [0.2, 0.25) is 0 Å². The molecule has 0 radical (unpaired) electrons. The highest BCUT2D eigenvalue weighted by atomic mass is 16.6. The molecule has 0 saturated heterocycles. The van der Waals surface area contributed by atoms with Crippen molar-refractivity contribution in [2.45, 2.75) is 0 Å². The number of hydrogen-bond acceptors (Lipinski definition) is 3. The monoisotopic (exact) mass is 348 g/mol. The molecular formula is C24H12O3. The summed E-state index contributed by atoms with van der Waals surface area (Å²) in [6.07, 6.45) is 0. The number of cyclic esters (lactones) is 2. The Balaban J connectivity index is 1.79. The van der Waals surface area contributed by atoms with Crippen LogP contribution in [0.3, 0.4) is 0 Å². The van der Waals surface area contributed by atoms with Gasteiger partial charge in [-0.3, -0.25) is 0 Å². The van der Waals surface area contributed by atoms with Crippen LogP contribution in [0.15, 0.2) is 72.8 Å². The van der Waals surface area contributed by atoms with Crippen LogP contribution in [0.4, 0.5) is 0 Å². The van der Waals surface area contributed by atoms with E-state index >= 15 is 0 Å². The van der Waals surface area contributed by atoms with Gasteiger partial charge in [-0.05, 0) is 49.5 Å². The first-order chi connectivity index (χ1) is 13.2. The third kappa shape index (κ3) is 1.80. The molecule has 126 valence electrons. The summed E-state index contributed by atoms with van der Waals surface area (Å²) >= 11 is 0. The van der Waals surface area contributed by atoms with Crippen molar-refractivity contribution in [3.8, 4) is 11.1 Å². The summed E-state index contributed by atoms with van der Waals surface area (Å²) in [4.78, 5) is 24.3. The molecule has 0 aromatic heterocycles. The second kappa shape index (κ2) is 4.92. The van der Waals surface area contributed by atoms with Gasteiger partial charge in [0.25, 0.3) is 0 Å². The Morgan fingerprint density at radius 1 is 0.519 bits per heavy atom. The molecule has 5 aromatic carbocycles. The highest BCUT2D eigenvalue weighted by Crippen LogP contribution is 2.41. The van der Waals surface area contributed by atoms with E-state index in [9.17, 15) is 9.59 Å². The van der Waals surface area contributed by atoms with Crippen molar-refractivity contribution in [1.82, 2.24) is 0 Å². The van der Waals surface area contributed by atoms with Crippen LogP contribution < -0.4 is 0 Å². The molecule has 0 aliphatic carbocycles. The molecule has 0 N–H and O–H groups in total. The average molecular weight is 348 g/mol. The summed E-state index contributed by atoms with van der Waals surface area (Å²) in [7, 11) is 0. The largest absolute Gasteiger partial charge is 0.386 e. The number of rotatable bonds is 1. The standard InChI is InChI=1S/C24H12O3/c25-23-19-6-2-5-17(22(19)24(26)27-23)16-11-9-15-8-7-13-3-1-4-14-10-12-18(16)21(15)20(13)14/h1-12H. The van der Waals surface area contributed by atoms with Crippen molar-refractivity contribution in [3.05, 3.63) is 83.9 Å². The number of hydrogen-bond donors (Lipinski definition) is 0. The van der Waals surface area contributed by atoms with Crippen LogP contribution in [0.5, 0.6) is 0 Å². The zero-order valence-electron chi connectivity index (χ0n) is 14.2. The lowest BCUT2D eigenvalue weighted by atomic mass is 9.88. The molecular weight excluding hydrogens is 336 g/mol. The first kappa shape index (κ1) is 14.4. The molecule has 0 saturated carbocycles. The number of ether oxygens (including phenoxy) is 1. The Kier molecular flexibility index (Phi) is 2.63. The molecule has 0 spiro atoms. The molecule has 3 heteroatoms. The third-order valence-corrected chi connectivity index (χ3v) is 5.49. The van der Waals surface area contributed by atoms with Gasteiger partial charge in [0.1, 0.15) is 0 Å². The first-order valence-electron chi connectivity index (χ1n) is 8.79. The van der Waals surface area contributed by atoms with Gasteiger partial charge in [0, 0.05) is 0 Å². The summed E-state index contributed by atoms with van der Waals surface area (Å²) < 4.78 is 4.84. The molecule has 5 aromatic rings. The van der Waals surface area contributed by atoms with Gasteiger partial charge in [0.05, 0.1) is 11.1 Å². The van der Waals surface area contributed by atoms with E-state index in [1.54, 1.807) is 12.1 Å². The van der Waals surface area contributed by atoms with E-state index in [0.717, 1.165) is 21.9 Å². The molecule has 0 bridgehead atoms. The summed E-state index contributed by atoms with van der Waals surface area (Å²) in [5.74, 6) is -1.15. The number of benzene rings is 5. The van der Waals surface area contributed by atoms with Crippen molar-refractivity contribution in [2.75, 3.05) is 0 Å². The van der Waals surface area contributed by atoms with Gasteiger partial charge in [-0.25, -0.2) is 9.59 Å². The minimum absolute atomic E-state index is 0.336. The van der Waals surface area contributed by atoms with Crippen molar-refractivity contribution in [1.29, 1.82) is 0 Å². The fourth-order valence-corrected chi connectivity index (χ4v) is 4.33. The van der Waals surface area contributed by atoms with Crippen molar-refractivity contribution in [3.63, 3.8) is 0 Å². The quantitative estimate of drug-likeness (QED) is 0.226. The summed E-state index contributed by atoms with van der Waals surface area (Å²) in [5, 5.41) is 7.01. The second-order valence-electron chi connectivity index (χ2n) is 6.87. The predicted molar refractivity (Wildman–Crippen MR) is 105 cm³/mol. The van der Waals surface area contributed by atoms with E-state index < -0.39 is 11.9 Å². The van der Waals surface area contributed by atoms with Gasteiger partial charge in [-0.2, -0.15) is 0 Å². The van der Waals surface area contributed by atoms with E-state index in [1.807, 2.05) is 12.1 Å². The Hall–Kier alpha value is -3.72. The van der Waals surface area contributed by atoms with E-state index in [1.165, 1.54) is 21.5 Å². The number of carbonyl (C=O) groups excluding carboxylic acids is 2. The Bertz CT molecular complexity index is 1410. The Labute approximate surface area is 154 Å². The maximum absolute atomic E-state index is 12.3. The van der Waals surface area contributed by atoms with Gasteiger partial charge in [-0.15, -0.1) is 0 Å². The Morgan fingerprint density at radius 2 is 1.15 bits per heavy atom. The van der Waals surface area contributed by atoms with E-state index in [2.05, 4.69) is 48.5 Å². The summed E-state index contributed by atoms with van der Waals surface area (Å²) in [6, 6.07) is 24.2.